The van der Waals surface area contributed by atoms with E-state index in [1.54, 1.807) is 7.05 Å². The molecule has 1 fully saturated rings. The monoisotopic (exact) mass is 358 g/mol. The highest BCUT2D eigenvalue weighted by Crippen LogP contribution is 2.27. The number of aliphatic imine (C=N–C) groups is 1. The number of carbonyl (C=O) groups excluding carboxylic acids is 2. The van der Waals surface area contributed by atoms with Gasteiger partial charge in [-0.3, -0.25) is 14.6 Å². The molecule has 2 aliphatic heterocycles. The van der Waals surface area contributed by atoms with Gasteiger partial charge >= 0.3 is 5.97 Å². The number of hydrogen-bond donors (Lipinski definition) is 1. The number of anilines is 1. The predicted molar refractivity (Wildman–Crippen MR) is 100 cm³/mol. The molecular weight excluding hydrogens is 332 g/mol. The molecule has 1 saturated heterocycles. The quantitative estimate of drug-likeness (QED) is 0.494. The van der Waals surface area contributed by atoms with Gasteiger partial charge in [0.2, 0.25) is 5.91 Å². The molecule has 0 atom stereocenters. The van der Waals surface area contributed by atoms with Gasteiger partial charge in [0.15, 0.2) is 5.96 Å². The Kier molecular flexibility index (Phi) is 5.75. The lowest BCUT2D eigenvalue weighted by Gasteiger charge is -2.33. The summed E-state index contributed by atoms with van der Waals surface area (Å²) in [6, 6.07) is 7.92. The second-order valence-corrected chi connectivity index (χ2v) is 6.61. The van der Waals surface area contributed by atoms with Crippen LogP contribution in [0.4, 0.5) is 5.69 Å². The maximum atomic E-state index is 12.2. The standard InChI is InChI=1S/C19H26N4O3/c1-20-19(22-10-7-14(8-11-22)18(25)26-2)21-9-12-23-16-6-4-3-5-15(16)13-17(23)24/h3-6,14H,7-13H2,1-2H3,(H,20,21). The van der Waals surface area contributed by atoms with Crippen molar-refractivity contribution >= 4 is 23.5 Å². The molecule has 0 unspecified atom stereocenters. The van der Waals surface area contributed by atoms with Gasteiger partial charge in [0.25, 0.3) is 0 Å². The molecule has 7 nitrogen and oxygen atoms in total. The Hall–Kier alpha value is -2.57. The minimum Gasteiger partial charge on any atom is -0.469 e. The van der Waals surface area contributed by atoms with Crippen LogP contribution < -0.4 is 10.2 Å². The molecule has 2 heterocycles. The summed E-state index contributed by atoms with van der Waals surface area (Å²) in [5, 5.41) is 3.34. The maximum Gasteiger partial charge on any atom is 0.308 e. The van der Waals surface area contributed by atoms with Gasteiger partial charge in [-0.25, -0.2) is 0 Å². The van der Waals surface area contributed by atoms with Crippen molar-refractivity contribution in [1.82, 2.24) is 10.2 Å². The number of piperidine rings is 1. The van der Waals surface area contributed by atoms with E-state index in [9.17, 15) is 9.59 Å². The molecule has 0 aromatic heterocycles. The topological polar surface area (TPSA) is 74.2 Å². The van der Waals surface area contributed by atoms with Gasteiger partial charge < -0.3 is 19.9 Å². The molecule has 2 aliphatic rings. The number of esters is 1. The summed E-state index contributed by atoms with van der Waals surface area (Å²) in [6.07, 6.45) is 2.02. The summed E-state index contributed by atoms with van der Waals surface area (Å²) in [4.78, 5) is 32.2. The molecule has 0 bridgehead atoms. The van der Waals surface area contributed by atoms with Gasteiger partial charge in [-0.05, 0) is 24.5 Å². The number of nitrogens with zero attached hydrogens (tertiary/aromatic N) is 3. The number of methoxy groups -OCH3 is 1. The summed E-state index contributed by atoms with van der Waals surface area (Å²) in [6.45, 7) is 2.77. The van der Waals surface area contributed by atoms with E-state index >= 15 is 0 Å². The Balaban J connectivity index is 1.50. The van der Waals surface area contributed by atoms with Gasteiger partial charge in [-0.15, -0.1) is 0 Å². The Morgan fingerprint density at radius 3 is 2.73 bits per heavy atom. The number of amides is 1. The Bertz CT molecular complexity index is 696. The molecule has 1 aromatic rings. The first-order valence-electron chi connectivity index (χ1n) is 9.05. The smallest absolute Gasteiger partial charge is 0.308 e. The second kappa shape index (κ2) is 8.21. The number of guanidine groups is 1. The lowest BCUT2D eigenvalue weighted by molar-refractivity contribution is -0.146. The van der Waals surface area contributed by atoms with Crippen LogP contribution in [-0.2, 0) is 20.7 Å². The summed E-state index contributed by atoms with van der Waals surface area (Å²) in [5.74, 6) is 0.807. The minimum atomic E-state index is -0.126. The second-order valence-electron chi connectivity index (χ2n) is 6.61. The average molecular weight is 358 g/mol. The third-order valence-electron chi connectivity index (χ3n) is 5.08. The number of fused-ring (bicyclic) bond motifs is 1. The van der Waals surface area contributed by atoms with Crippen molar-refractivity contribution in [1.29, 1.82) is 0 Å². The highest BCUT2D eigenvalue weighted by atomic mass is 16.5. The van der Waals surface area contributed by atoms with Gasteiger partial charge in [-0.2, -0.15) is 0 Å². The predicted octanol–water partition coefficient (Wildman–Crippen LogP) is 1.04. The number of para-hydroxylation sites is 1. The van der Waals surface area contributed by atoms with Crippen LogP contribution in [-0.4, -0.2) is 63.1 Å². The maximum absolute atomic E-state index is 12.2. The van der Waals surface area contributed by atoms with Crippen molar-refractivity contribution in [3.05, 3.63) is 29.8 Å². The van der Waals surface area contributed by atoms with Gasteiger partial charge in [0.05, 0.1) is 19.4 Å². The van der Waals surface area contributed by atoms with Crippen LogP contribution in [0.25, 0.3) is 0 Å². The molecule has 7 heteroatoms. The van der Waals surface area contributed by atoms with Crippen molar-refractivity contribution in [2.75, 3.05) is 45.2 Å². The zero-order valence-corrected chi connectivity index (χ0v) is 15.4. The molecular formula is C19H26N4O3. The largest absolute Gasteiger partial charge is 0.469 e. The Morgan fingerprint density at radius 2 is 2.04 bits per heavy atom. The van der Waals surface area contributed by atoms with Crippen molar-refractivity contribution in [3.8, 4) is 0 Å². The summed E-state index contributed by atoms with van der Waals surface area (Å²) >= 11 is 0. The normalized spacial score (nSPS) is 18.1. The molecule has 140 valence electrons. The molecule has 0 radical (unpaired) electrons. The van der Waals surface area contributed by atoms with Crippen LogP contribution in [0, 0.1) is 5.92 Å². The fourth-order valence-electron chi connectivity index (χ4n) is 3.67. The van der Waals surface area contributed by atoms with Gasteiger partial charge in [-0.1, -0.05) is 18.2 Å². The highest BCUT2D eigenvalue weighted by molar-refractivity contribution is 6.01. The molecule has 0 spiro atoms. The summed E-state index contributed by atoms with van der Waals surface area (Å²) in [5.41, 5.74) is 2.10. The van der Waals surface area contributed by atoms with E-state index in [2.05, 4.69) is 15.2 Å². The van der Waals surface area contributed by atoms with Crippen molar-refractivity contribution in [2.45, 2.75) is 19.3 Å². The first-order valence-corrected chi connectivity index (χ1v) is 9.05. The zero-order chi connectivity index (χ0) is 18.5. The first-order chi connectivity index (χ1) is 12.6. The number of ether oxygens (including phenoxy) is 1. The van der Waals surface area contributed by atoms with Crippen molar-refractivity contribution < 1.29 is 14.3 Å². The molecule has 1 N–H and O–H groups in total. The number of rotatable bonds is 4. The minimum absolute atomic E-state index is 0.0203. The van der Waals surface area contributed by atoms with Crippen LogP contribution >= 0.6 is 0 Å². The summed E-state index contributed by atoms with van der Waals surface area (Å²) in [7, 11) is 3.19. The van der Waals surface area contributed by atoms with E-state index in [1.807, 2.05) is 29.2 Å². The lowest BCUT2D eigenvalue weighted by atomic mass is 9.97. The molecule has 26 heavy (non-hydrogen) atoms. The molecule has 1 aromatic carbocycles. The molecule has 0 saturated carbocycles. The highest BCUT2D eigenvalue weighted by Gasteiger charge is 2.28. The molecule has 3 rings (SSSR count). The number of likely N-dealkylation sites (tertiary alicyclic amines) is 1. The third kappa shape index (κ3) is 3.81. The fourth-order valence-corrected chi connectivity index (χ4v) is 3.67. The van der Waals surface area contributed by atoms with Gasteiger partial charge in [0.1, 0.15) is 0 Å². The lowest BCUT2D eigenvalue weighted by Crippen LogP contribution is -2.48. The van der Waals surface area contributed by atoms with Crippen LogP contribution in [0.2, 0.25) is 0 Å². The van der Waals surface area contributed by atoms with Crippen LogP contribution in [0.1, 0.15) is 18.4 Å². The zero-order valence-electron chi connectivity index (χ0n) is 15.4. The Morgan fingerprint density at radius 1 is 1.31 bits per heavy atom. The van der Waals surface area contributed by atoms with Gasteiger partial charge in [0, 0.05) is 38.9 Å². The van der Waals surface area contributed by atoms with E-state index in [4.69, 9.17) is 4.74 Å². The Labute approximate surface area is 154 Å². The van der Waals surface area contributed by atoms with Crippen molar-refractivity contribution in [2.24, 2.45) is 10.9 Å². The number of nitrogens with one attached hydrogen (secondary N) is 1. The van der Waals surface area contributed by atoms with E-state index in [0.717, 1.165) is 43.1 Å². The van der Waals surface area contributed by atoms with E-state index < -0.39 is 0 Å². The molecule has 0 aliphatic carbocycles. The van der Waals surface area contributed by atoms with Crippen LogP contribution in [0.3, 0.4) is 0 Å². The SMILES string of the molecule is CN=C(NCCN1C(=O)Cc2ccccc21)N1CCC(C(=O)OC)CC1. The third-order valence-corrected chi connectivity index (χ3v) is 5.08. The number of carbonyl (C=O) groups is 2. The van der Waals surface area contributed by atoms with E-state index in [0.29, 0.717) is 19.5 Å². The fraction of sp³-hybridized carbons (Fsp3) is 0.526. The van der Waals surface area contributed by atoms with Crippen molar-refractivity contribution in [3.63, 3.8) is 0 Å². The van der Waals surface area contributed by atoms with E-state index in [1.165, 1.54) is 7.11 Å². The van der Waals surface area contributed by atoms with Crippen LogP contribution in [0.5, 0.6) is 0 Å². The van der Waals surface area contributed by atoms with E-state index in [-0.39, 0.29) is 17.8 Å². The average Bonchev–Trinajstić information content (AvgIpc) is 3.00. The summed E-state index contributed by atoms with van der Waals surface area (Å²) < 4.78 is 4.83. The number of hydrogen-bond acceptors (Lipinski definition) is 4. The first kappa shape index (κ1) is 18.2. The molecule has 1 amide bonds. The van der Waals surface area contributed by atoms with Crippen LogP contribution in [0.15, 0.2) is 29.3 Å². The number of benzene rings is 1.